The zero-order chi connectivity index (χ0) is 20.2. The third kappa shape index (κ3) is 4.52. The van der Waals surface area contributed by atoms with Gasteiger partial charge in [-0.2, -0.15) is 15.0 Å². The molecule has 0 aliphatic heterocycles. The quantitative estimate of drug-likeness (QED) is 0.492. The molecule has 146 valence electrons. The van der Waals surface area contributed by atoms with Gasteiger partial charge in [0.1, 0.15) is 6.33 Å². The van der Waals surface area contributed by atoms with Gasteiger partial charge in [-0.05, 0) is 48.9 Å². The van der Waals surface area contributed by atoms with Crippen LogP contribution in [-0.4, -0.2) is 29.7 Å². The molecule has 0 fully saturated rings. The number of para-hydroxylation sites is 2. The molecular weight excluding hydrogens is 384 g/mol. The molecule has 0 saturated carbocycles. The van der Waals surface area contributed by atoms with E-state index < -0.39 is 0 Å². The van der Waals surface area contributed by atoms with E-state index in [9.17, 15) is 0 Å². The maximum absolute atomic E-state index is 4.56. The number of nitrogens with zero attached hydrogens (tertiary/aromatic N) is 6. The first-order valence-corrected chi connectivity index (χ1v) is 9.83. The Kier molecular flexibility index (Phi) is 5.39. The molecule has 2 aromatic heterocycles. The van der Waals surface area contributed by atoms with E-state index in [1.165, 1.54) is 11.8 Å². The van der Waals surface area contributed by atoms with Crippen molar-refractivity contribution in [2.45, 2.75) is 24.2 Å². The van der Waals surface area contributed by atoms with Crippen molar-refractivity contribution >= 4 is 35.0 Å². The Bertz CT molecular complexity index is 1080. The van der Waals surface area contributed by atoms with Crippen LogP contribution in [0, 0.1) is 13.8 Å². The molecule has 9 heteroatoms. The molecule has 4 aromatic rings. The fourth-order valence-electron chi connectivity index (χ4n) is 2.63. The molecule has 0 radical (unpaired) electrons. The highest BCUT2D eigenvalue weighted by Crippen LogP contribution is 2.27. The van der Waals surface area contributed by atoms with E-state index in [4.69, 9.17) is 0 Å². The van der Waals surface area contributed by atoms with Crippen molar-refractivity contribution in [2.24, 2.45) is 7.05 Å². The summed E-state index contributed by atoms with van der Waals surface area (Å²) in [6, 6.07) is 16.0. The van der Waals surface area contributed by atoms with E-state index in [-0.39, 0.29) is 0 Å². The van der Waals surface area contributed by atoms with Crippen LogP contribution in [0.25, 0.3) is 0 Å². The van der Waals surface area contributed by atoms with Gasteiger partial charge in [0.25, 0.3) is 0 Å². The fraction of sp³-hybridized carbons (Fsp3) is 0.150. The normalized spacial score (nSPS) is 10.7. The van der Waals surface area contributed by atoms with E-state index in [0.717, 1.165) is 22.5 Å². The van der Waals surface area contributed by atoms with E-state index in [2.05, 4.69) is 35.8 Å². The molecule has 2 aromatic carbocycles. The molecule has 0 amide bonds. The summed E-state index contributed by atoms with van der Waals surface area (Å²) in [6.07, 6.45) is 1.64. The molecule has 0 aliphatic carbocycles. The smallest absolute Gasteiger partial charge is 0.233 e. The predicted molar refractivity (Wildman–Crippen MR) is 114 cm³/mol. The Labute approximate surface area is 172 Å². The number of benzene rings is 2. The molecule has 2 N–H and O–H groups in total. The van der Waals surface area contributed by atoms with Crippen LogP contribution in [0.2, 0.25) is 0 Å². The van der Waals surface area contributed by atoms with Crippen LogP contribution in [0.15, 0.2) is 65.2 Å². The van der Waals surface area contributed by atoms with Crippen LogP contribution < -0.4 is 10.6 Å². The SMILES string of the molecule is Cc1ccccc1Nc1nc(Nc2ccccc2C)nc(Sc2nncn2C)n1. The summed E-state index contributed by atoms with van der Waals surface area (Å²) >= 11 is 1.33. The summed E-state index contributed by atoms with van der Waals surface area (Å²) in [5.74, 6) is 0.908. The lowest BCUT2D eigenvalue weighted by atomic mass is 10.2. The van der Waals surface area contributed by atoms with Crippen LogP contribution in [0.1, 0.15) is 11.1 Å². The Balaban J connectivity index is 1.69. The second-order valence-corrected chi connectivity index (χ2v) is 7.41. The highest BCUT2D eigenvalue weighted by molar-refractivity contribution is 7.99. The highest BCUT2D eigenvalue weighted by atomic mass is 32.2. The van der Waals surface area contributed by atoms with Gasteiger partial charge >= 0.3 is 0 Å². The summed E-state index contributed by atoms with van der Waals surface area (Å²) in [7, 11) is 1.88. The number of nitrogens with one attached hydrogen (secondary N) is 2. The van der Waals surface area contributed by atoms with Crippen molar-refractivity contribution in [3.05, 3.63) is 66.0 Å². The second kappa shape index (κ2) is 8.27. The molecule has 2 heterocycles. The van der Waals surface area contributed by atoms with Crippen molar-refractivity contribution in [1.82, 2.24) is 29.7 Å². The first kappa shape index (κ1) is 18.9. The number of rotatable bonds is 6. The lowest BCUT2D eigenvalue weighted by Crippen LogP contribution is -2.06. The zero-order valence-corrected chi connectivity index (χ0v) is 17.1. The van der Waals surface area contributed by atoms with Crippen LogP contribution in [-0.2, 0) is 7.05 Å². The van der Waals surface area contributed by atoms with Crippen molar-refractivity contribution in [3.63, 3.8) is 0 Å². The average Bonchev–Trinajstić information content (AvgIpc) is 3.10. The number of aromatic nitrogens is 6. The average molecular weight is 405 g/mol. The molecule has 0 spiro atoms. The van der Waals surface area contributed by atoms with Gasteiger partial charge in [0.2, 0.25) is 17.1 Å². The molecular formula is C20H20N8S. The minimum absolute atomic E-state index is 0.454. The predicted octanol–water partition coefficient (Wildman–Crippen LogP) is 4.26. The lowest BCUT2D eigenvalue weighted by molar-refractivity contribution is 0.783. The Hall–Kier alpha value is -3.46. The summed E-state index contributed by atoms with van der Waals surface area (Å²) in [4.78, 5) is 13.7. The van der Waals surface area contributed by atoms with Crippen LogP contribution in [0.4, 0.5) is 23.3 Å². The standard InChI is InChI=1S/C20H20N8S/c1-13-8-4-6-10-15(13)22-17-24-18(23-16-11-7-5-9-14(16)2)26-19(25-17)29-20-27-21-12-28(20)3/h4-12H,1-3H3,(H2,22,23,24,25,26). The molecule has 4 rings (SSSR count). The summed E-state index contributed by atoms with van der Waals surface area (Å²) < 4.78 is 1.82. The third-order valence-corrected chi connectivity index (χ3v) is 5.17. The maximum Gasteiger partial charge on any atom is 0.233 e. The van der Waals surface area contributed by atoms with E-state index in [1.807, 2.05) is 74.0 Å². The highest BCUT2D eigenvalue weighted by Gasteiger charge is 2.13. The number of hydrogen-bond acceptors (Lipinski definition) is 8. The third-order valence-electron chi connectivity index (χ3n) is 4.25. The first-order chi connectivity index (χ1) is 14.1. The number of anilines is 4. The van der Waals surface area contributed by atoms with Crippen molar-refractivity contribution in [2.75, 3.05) is 10.6 Å². The van der Waals surface area contributed by atoms with Crippen LogP contribution >= 0.6 is 11.8 Å². The molecule has 0 unspecified atom stereocenters. The molecule has 0 saturated heterocycles. The minimum atomic E-state index is 0.454. The van der Waals surface area contributed by atoms with Crippen molar-refractivity contribution in [3.8, 4) is 0 Å². The molecule has 8 nitrogen and oxygen atoms in total. The van der Waals surface area contributed by atoms with Gasteiger partial charge in [-0.15, -0.1) is 10.2 Å². The Morgan fingerprint density at radius 1 is 0.793 bits per heavy atom. The summed E-state index contributed by atoms with van der Waals surface area (Å²) in [5, 5.41) is 15.8. The molecule has 29 heavy (non-hydrogen) atoms. The molecule has 0 bridgehead atoms. The summed E-state index contributed by atoms with van der Waals surface area (Å²) in [5.41, 5.74) is 4.08. The molecule has 0 atom stereocenters. The van der Waals surface area contributed by atoms with Crippen LogP contribution in [0.5, 0.6) is 0 Å². The fourth-order valence-corrected chi connectivity index (χ4v) is 3.33. The van der Waals surface area contributed by atoms with Gasteiger partial charge < -0.3 is 15.2 Å². The minimum Gasteiger partial charge on any atom is -0.324 e. The summed E-state index contributed by atoms with van der Waals surface area (Å²) in [6.45, 7) is 4.07. The van der Waals surface area contributed by atoms with Crippen molar-refractivity contribution in [1.29, 1.82) is 0 Å². The number of aryl methyl sites for hydroxylation is 3. The van der Waals surface area contributed by atoms with Crippen LogP contribution in [0.3, 0.4) is 0 Å². The van der Waals surface area contributed by atoms with Gasteiger partial charge in [0, 0.05) is 18.4 Å². The zero-order valence-electron chi connectivity index (χ0n) is 16.3. The topological polar surface area (TPSA) is 93.4 Å². The Morgan fingerprint density at radius 2 is 1.34 bits per heavy atom. The van der Waals surface area contributed by atoms with Crippen molar-refractivity contribution < 1.29 is 0 Å². The van der Waals surface area contributed by atoms with E-state index in [0.29, 0.717) is 22.2 Å². The largest absolute Gasteiger partial charge is 0.324 e. The van der Waals surface area contributed by atoms with Gasteiger partial charge in [0.05, 0.1) is 0 Å². The van der Waals surface area contributed by atoms with E-state index in [1.54, 1.807) is 6.33 Å². The maximum atomic E-state index is 4.56. The monoisotopic (exact) mass is 404 g/mol. The van der Waals surface area contributed by atoms with Gasteiger partial charge in [-0.1, -0.05) is 36.4 Å². The van der Waals surface area contributed by atoms with Gasteiger partial charge in [-0.3, -0.25) is 0 Å². The second-order valence-electron chi connectivity index (χ2n) is 6.47. The van der Waals surface area contributed by atoms with Gasteiger partial charge in [-0.25, -0.2) is 0 Å². The van der Waals surface area contributed by atoms with Gasteiger partial charge in [0.15, 0.2) is 5.16 Å². The first-order valence-electron chi connectivity index (χ1n) is 9.02. The molecule has 0 aliphatic rings. The Morgan fingerprint density at radius 3 is 1.83 bits per heavy atom. The number of hydrogen-bond donors (Lipinski definition) is 2. The lowest BCUT2D eigenvalue weighted by Gasteiger charge is -2.12. The van der Waals surface area contributed by atoms with E-state index >= 15 is 0 Å².